The highest BCUT2D eigenvalue weighted by molar-refractivity contribution is 5.98. The van der Waals surface area contributed by atoms with Gasteiger partial charge in [-0.1, -0.05) is 32.0 Å². The molecule has 1 fully saturated rings. The fourth-order valence-corrected chi connectivity index (χ4v) is 5.15. The number of benzene rings is 2. The number of nitrogen functional groups attached to an aromatic ring is 1. The van der Waals surface area contributed by atoms with Crippen LogP contribution in [0, 0.1) is 5.92 Å². The Morgan fingerprint density at radius 2 is 1.71 bits per heavy atom. The number of ether oxygens (including phenoxy) is 1. The number of fused-ring (bicyclic) bond motifs is 1. The second kappa shape index (κ2) is 11.2. The maximum absolute atomic E-state index is 12.5. The number of hydrogen-bond acceptors (Lipinski definition) is 7. The van der Waals surface area contributed by atoms with E-state index in [9.17, 15) is 4.79 Å². The average Bonchev–Trinajstić information content (AvgIpc) is 3.31. The Morgan fingerprint density at radius 3 is 2.39 bits per heavy atom. The fourth-order valence-electron chi connectivity index (χ4n) is 5.15. The first-order valence-corrected chi connectivity index (χ1v) is 13.3. The summed E-state index contributed by atoms with van der Waals surface area (Å²) in [7, 11) is 0. The van der Waals surface area contributed by atoms with E-state index in [4.69, 9.17) is 21.3 Å². The summed E-state index contributed by atoms with van der Waals surface area (Å²) in [6, 6.07) is 17.3. The molecule has 1 unspecified atom stereocenters. The van der Waals surface area contributed by atoms with Gasteiger partial charge in [0.25, 0.3) is 0 Å². The van der Waals surface area contributed by atoms with Gasteiger partial charge in [0.2, 0.25) is 5.91 Å². The standard InChI is InChI=1S/C29H35N7O2/c1-18(2)16-24(30)29(37)34-20-10-12-21(13-11-20)36-28-25(27(31)32-17-33-28)26(35-36)19-8-14-23(15-9-19)38-22-6-4-3-5-7-22/h3-9,14-15,17-18,20-21,24H,10-13,16,30H2,1-2H3,(H,34,37)(H2,31,32,33). The molecule has 9 heteroatoms. The Balaban J connectivity index is 1.33. The van der Waals surface area contributed by atoms with E-state index < -0.39 is 6.04 Å². The maximum Gasteiger partial charge on any atom is 0.237 e. The molecule has 1 saturated carbocycles. The van der Waals surface area contributed by atoms with E-state index in [-0.39, 0.29) is 18.0 Å². The van der Waals surface area contributed by atoms with Crippen LogP contribution in [0.1, 0.15) is 52.0 Å². The van der Waals surface area contributed by atoms with Gasteiger partial charge < -0.3 is 21.5 Å². The number of aromatic nitrogens is 4. The number of amides is 1. The van der Waals surface area contributed by atoms with Crippen molar-refractivity contribution in [3.8, 4) is 22.8 Å². The summed E-state index contributed by atoms with van der Waals surface area (Å²) in [5.41, 5.74) is 14.8. The third-order valence-electron chi connectivity index (χ3n) is 7.08. The molecule has 1 atom stereocenters. The molecule has 2 heterocycles. The lowest BCUT2D eigenvalue weighted by Crippen LogP contribution is -2.47. The van der Waals surface area contributed by atoms with Crippen LogP contribution >= 0.6 is 0 Å². The Labute approximate surface area is 222 Å². The summed E-state index contributed by atoms with van der Waals surface area (Å²) in [5.74, 6) is 2.24. The average molecular weight is 514 g/mol. The van der Waals surface area contributed by atoms with Gasteiger partial charge in [-0.25, -0.2) is 14.6 Å². The number of hydrogen-bond donors (Lipinski definition) is 3. The van der Waals surface area contributed by atoms with Gasteiger partial charge in [-0.3, -0.25) is 4.79 Å². The van der Waals surface area contributed by atoms with Crippen molar-refractivity contribution >= 4 is 22.8 Å². The van der Waals surface area contributed by atoms with Crippen molar-refractivity contribution in [2.24, 2.45) is 11.7 Å². The predicted octanol–water partition coefficient (Wildman–Crippen LogP) is 4.84. The van der Waals surface area contributed by atoms with Crippen LogP contribution in [0.3, 0.4) is 0 Å². The van der Waals surface area contributed by atoms with Crippen molar-refractivity contribution in [2.45, 2.75) is 64.1 Å². The Bertz CT molecular complexity index is 1380. The Hall–Kier alpha value is -3.98. The van der Waals surface area contributed by atoms with Gasteiger partial charge in [-0.2, -0.15) is 5.10 Å². The zero-order valence-corrected chi connectivity index (χ0v) is 21.9. The van der Waals surface area contributed by atoms with Gasteiger partial charge in [0.1, 0.15) is 29.3 Å². The largest absolute Gasteiger partial charge is 0.457 e. The highest BCUT2D eigenvalue weighted by Gasteiger charge is 2.28. The van der Waals surface area contributed by atoms with Gasteiger partial charge in [0.15, 0.2) is 5.65 Å². The summed E-state index contributed by atoms with van der Waals surface area (Å²) in [5, 5.41) is 8.88. The predicted molar refractivity (Wildman–Crippen MR) is 149 cm³/mol. The lowest BCUT2D eigenvalue weighted by Gasteiger charge is -2.30. The first-order valence-electron chi connectivity index (χ1n) is 13.3. The molecule has 0 radical (unpaired) electrons. The molecule has 1 amide bonds. The molecule has 38 heavy (non-hydrogen) atoms. The van der Waals surface area contributed by atoms with Crippen LogP contribution in [0.2, 0.25) is 0 Å². The molecule has 5 rings (SSSR count). The molecule has 198 valence electrons. The van der Waals surface area contributed by atoms with Crippen molar-refractivity contribution < 1.29 is 9.53 Å². The molecule has 2 aromatic carbocycles. The molecule has 2 aromatic heterocycles. The summed E-state index contributed by atoms with van der Waals surface area (Å²) >= 11 is 0. The van der Waals surface area contributed by atoms with Crippen LogP contribution in [0.25, 0.3) is 22.3 Å². The van der Waals surface area contributed by atoms with E-state index >= 15 is 0 Å². The topological polar surface area (TPSA) is 134 Å². The van der Waals surface area contributed by atoms with Gasteiger partial charge >= 0.3 is 0 Å². The van der Waals surface area contributed by atoms with Gasteiger partial charge in [0, 0.05) is 11.6 Å². The zero-order valence-electron chi connectivity index (χ0n) is 21.9. The Kier molecular flexibility index (Phi) is 7.55. The Morgan fingerprint density at radius 1 is 1.03 bits per heavy atom. The molecular weight excluding hydrogens is 478 g/mol. The van der Waals surface area contributed by atoms with Gasteiger partial charge in [-0.15, -0.1) is 0 Å². The number of carbonyl (C=O) groups excluding carboxylic acids is 1. The number of nitrogens with two attached hydrogens (primary N) is 2. The maximum atomic E-state index is 12.5. The number of anilines is 1. The van der Waals surface area contributed by atoms with Crippen LogP contribution in [0.4, 0.5) is 5.82 Å². The minimum absolute atomic E-state index is 0.0609. The molecule has 0 bridgehead atoms. The van der Waals surface area contributed by atoms with E-state index in [0.29, 0.717) is 18.2 Å². The fraction of sp³-hybridized carbons (Fsp3) is 0.379. The number of nitrogens with zero attached hydrogens (tertiary/aromatic N) is 4. The minimum atomic E-state index is -0.463. The first-order chi connectivity index (χ1) is 18.4. The highest BCUT2D eigenvalue weighted by atomic mass is 16.5. The summed E-state index contributed by atoms with van der Waals surface area (Å²) in [4.78, 5) is 21.3. The molecule has 1 aliphatic rings. The van der Waals surface area contributed by atoms with Crippen molar-refractivity contribution in [1.29, 1.82) is 0 Å². The van der Waals surface area contributed by atoms with Crippen LogP contribution in [0.5, 0.6) is 11.5 Å². The van der Waals surface area contributed by atoms with Crippen molar-refractivity contribution in [3.63, 3.8) is 0 Å². The van der Waals surface area contributed by atoms with Crippen molar-refractivity contribution in [3.05, 3.63) is 60.9 Å². The van der Waals surface area contributed by atoms with Crippen LogP contribution in [-0.2, 0) is 4.79 Å². The quantitative estimate of drug-likeness (QED) is 0.307. The number of nitrogens with one attached hydrogen (secondary N) is 1. The normalized spacial score (nSPS) is 18.4. The second-order valence-electron chi connectivity index (χ2n) is 10.4. The molecular formula is C29H35N7O2. The van der Waals surface area contributed by atoms with Gasteiger partial charge in [-0.05, 0) is 74.4 Å². The van der Waals surface area contributed by atoms with Crippen molar-refractivity contribution in [2.75, 3.05) is 5.73 Å². The zero-order chi connectivity index (χ0) is 26.6. The smallest absolute Gasteiger partial charge is 0.237 e. The lowest BCUT2D eigenvalue weighted by molar-refractivity contribution is -0.123. The SMILES string of the molecule is CC(C)CC(N)C(=O)NC1CCC(n2nc(-c3ccc(Oc4ccccc4)cc3)c3c(N)ncnc32)CC1. The molecule has 0 saturated heterocycles. The molecule has 0 spiro atoms. The van der Waals surface area contributed by atoms with E-state index in [0.717, 1.165) is 59.5 Å². The van der Waals surface area contributed by atoms with E-state index in [2.05, 4.69) is 29.1 Å². The third kappa shape index (κ3) is 5.62. The number of carbonyl (C=O) groups is 1. The molecule has 0 aliphatic heterocycles. The van der Waals surface area contributed by atoms with E-state index in [1.807, 2.05) is 59.3 Å². The molecule has 1 aliphatic carbocycles. The van der Waals surface area contributed by atoms with Crippen LogP contribution < -0.4 is 21.5 Å². The van der Waals surface area contributed by atoms with Crippen molar-refractivity contribution in [1.82, 2.24) is 25.1 Å². The molecule has 5 N–H and O–H groups in total. The number of rotatable bonds is 8. The van der Waals surface area contributed by atoms with Gasteiger partial charge in [0.05, 0.1) is 17.5 Å². The molecule has 9 nitrogen and oxygen atoms in total. The number of para-hydroxylation sites is 1. The minimum Gasteiger partial charge on any atom is -0.457 e. The van der Waals surface area contributed by atoms with E-state index in [1.54, 1.807) is 0 Å². The second-order valence-corrected chi connectivity index (χ2v) is 10.4. The van der Waals surface area contributed by atoms with Crippen LogP contribution in [-0.4, -0.2) is 37.7 Å². The monoisotopic (exact) mass is 513 g/mol. The highest BCUT2D eigenvalue weighted by Crippen LogP contribution is 2.36. The third-order valence-corrected chi connectivity index (χ3v) is 7.08. The summed E-state index contributed by atoms with van der Waals surface area (Å²) < 4.78 is 7.92. The molecule has 4 aromatic rings. The van der Waals surface area contributed by atoms with E-state index in [1.165, 1.54) is 6.33 Å². The first kappa shape index (κ1) is 25.7. The summed E-state index contributed by atoms with van der Waals surface area (Å²) in [6.45, 7) is 4.15. The summed E-state index contributed by atoms with van der Waals surface area (Å²) in [6.07, 6.45) is 5.62. The lowest BCUT2D eigenvalue weighted by atomic mass is 9.91. The van der Waals surface area contributed by atoms with Crippen LogP contribution in [0.15, 0.2) is 60.9 Å².